The van der Waals surface area contributed by atoms with Crippen molar-refractivity contribution in [3.05, 3.63) is 24.0 Å². The van der Waals surface area contributed by atoms with Crippen molar-refractivity contribution in [3.63, 3.8) is 0 Å². The number of carboxylic acid groups (broad SMARTS) is 1. The van der Waals surface area contributed by atoms with Crippen LogP contribution in [0.15, 0.2) is 18.5 Å². The Hall–Kier alpha value is -1.62. The van der Waals surface area contributed by atoms with Gasteiger partial charge >= 0.3 is 5.97 Å². The van der Waals surface area contributed by atoms with Crippen molar-refractivity contribution < 1.29 is 14.6 Å². The highest BCUT2D eigenvalue weighted by Gasteiger charge is 2.03. The van der Waals surface area contributed by atoms with Crippen LogP contribution in [0.3, 0.4) is 0 Å². The Kier molecular flexibility index (Phi) is 3.22. The Labute approximate surface area is 75.2 Å². The number of aromatic carboxylic acids is 1. The van der Waals surface area contributed by atoms with Gasteiger partial charge < -0.3 is 15.6 Å². The second-order valence-electron chi connectivity index (χ2n) is 2.35. The van der Waals surface area contributed by atoms with E-state index in [0.29, 0.717) is 18.9 Å². The van der Waals surface area contributed by atoms with Crippen molar-refractivity contribution in [1.29, 1.82) is 0 Å². The molecule has 1 aromatic heterocycles. The molecule has 1 heterocycles. The standard InChI is InChI=1S/C8H10N2O3/c9-1-2-13-7-3-6(8(11)12)4-10-5-7/h3-5H,1-2,9H2,(H,11,12). The van der Waals surface area contributed by atoms with E-state index in [1.165, 1.54) is 18.5 Å². The van der Waals surface area contributed by atoms with Crippen LogP contribution in [0.2, 0.25) is 0 Å². The normalized spacial score (nSPS) is 9.62. The van der Waals surface area contributed by atoms with E-state index in [1.54, 1.807) is 0 Å². The predicted octanol–water partition coefficient (Wildman–Crippen LogP) is 0.117. The van der Waals surface area contributed by atoms with Gasteiger partial charge in [-0.25, -0.2) is 4.79 Å². The molecule has 5 nitrogen and oxygen atoms in total. The minimum atomic E-state index is -1.02. The highest BCUT2D eigenvalue weighted by molar-refractivity contribution is 5.87. The molecule has 0 aliphatic carbocycles. The summed E-state index contributed by atoms with van der Waals surface area (Å²) in [6.07, 6.45) is 2.71. The van der Waals surface area contributed by atoms with Crippen molar-refractivity contribution in [3.8, 4) is 5.75 Å². The molecule has 0 aliphatic heterocycles. The number of nitrogens with two attached hydrogens (primary N) is 1. The van der Waals surface area contributed by atoms with E-state index in [0.717, 1.165) is 0 Å². The molecule has 0 spiro atoms. The van der Waals surface area contributed by atoms with Gasteiger partial charge in [-0.15, -0.1) is 0 Å². The molecule has 0 aliphatic rings. The molecule has 1 aromatic rings. The number of aromatic nitrogens is 1. The lowest BCUT2D eigenvalue weighted by Gasteiger charge is -2.03. The van der Waals surface area contributed by atoms with Gasteiger partial charge in [0.2, 0.25) is 0 Å². The minimum absolute atomic E-state index is 0.106. The van der Waals surface area contributed by atoms with Crippen molar-refractivity contribution >= 4 is 5.97 Å². The first-order valence-electron chi connectivity index (χ1n) is 3.75. The van der Waals surface area contributed by atoms with E-state index in [-0.39, 0.29) is 5.56 Å². The van der Waals surface area contributed by atoms with Gasteiger partial charge in [-0.1, -0.05) is 0 Å². The highest BCUT2D eigenvalue weighted by atomic mass is 16.5. The van der Waals surface area contributed by atoms with E-state index >= 15 is 0 Å². The molecule has 0 fully saturated rings. The zero-order valence-electron chi connectivity index (χ0n) is 6.93. The van der Waals surface area contributed by atoms with Gasteiger partial charge in [0.05, 0.1) is 11.8 Å². The summed E-state index contributed by atoms with van der Waals surface area (Å²) in [5, 5.41) is 8.61. The van der Waals surface area contributed by atoms with Crippen LogP contribution in [0.5, 0.6) is 5.75 Å². The van der Waals surface area contributed by atoms with E-state index in [1.807, 2.05) is 0 Å². The molecule has 0 saturated heterocycles. The lowest BCUT2D eigenvalue weighted by atomic mass is 10.3. The minimum Gasteiger partial charge on any atom is -0.491 e. The number of nitrogens with zero attached hydrogens (tertiary/aromatic N) is 1. The molecule has 0 atom stereocenters. The molecule has 70 valence electrons. The molecule has 0 unspecified atom stereocenters. The van der Waals surface area contributed by atoms with E-state index < -0.39 is 5.97 Å². The van der Waals surface area contributed by atoms with Crippen LogP contribution in [0, 0.1) is 0 Å². The van der Waals surface area contributed by atoms with Crippen molar-refractivity contribution in [2.75, 3.05) is 13.2 Å². The lowest BCUT2D eigenvalue weighted by Crippen LogP contribution is -2.11. The summed E-state index contributed by atoms with van der Waals surface area (Å²) < 4.78 is 5.10. The summed E-state index contributed by atoms with van der Waals surface area (Å²) in [6, 6.07) is 1.41. The Morgan fingerprint density at radius 3 is 3.00 bits per heavy atom. The van der Waals surface area contributed by atoms with Crippen molar-refractivity contribution in [1.82, 2.24) is 4.98 Å². The van der Waals surface area contributed by atoms with Crippen LogP contribution in [0.4, 0.5) is 0 Å². The Balaban J connectivity index is 2.73. The number of ether oxygens (including phenoxy) is 1. The number of carboxylic acids is 1. The largest absolute Gasteiger partial charge is 0.491 e. The van der Waals surface area contributed by atoms with Gasteiger partial charge in [0.15, 0.2) is 0 Å². The first-order valence-corrected chi connectivity index (χ1v) is 3.75. The topological polar surface area (TPSA) is 85.4 Å². The van der Waals surface area contributed by atoms with Gasteiger partial charge in [0.1, 0.15) is 12.4 Å². The molecule has 13 heavy (non-hydrogen) atoms. The third-order valence-corrected chi connectivity index (χ3v) is 1.35. The number of carbonyl (C=O) groups is 1. The number of hydrogen-bond acceptors (Lipinski definition) is 4. The SMILES string of the molecule is NCCOc1cncc(C(=O)O)c1. The molecular weight excluding hydrogens is 172 g/mol. The zero-order valence-corrected chi connectivity index (χ0v) is 6.93. The van der Waals surface area contributed by atoms with Gasteiger partial charge in [-0.3, -0.25) is 4.98 Å². The van der Waals surface area contributed by atoms with Crippen LogP contribution in [0.25, 0.3) is 0 Å². The maximum atomic E-state index is 10.5. The number of hydrogen-bond donors (Lipinski definition) is 2. The van der Waals surface area contributed by atoms with Gasteiger partial charge in [0.25, 0.3) is 0 Å². The second-order valence-corrected chi connectivity index (χ2v) is 2.35. The molecular formula is C8H10N2O3. The molecule has 5 heteroatoms. The fourth-order valence-corrected chi connectivity index (χ4v) is 0.791. The fourth-order valence-electron chi connectivity index (χ4n) is 0.791. The van der Waals surface area contributed by atoms with Crippen LogP contribution in [0.1, 0.15) is 10.4 Å². The van der Waals surface area contributed by atoms with E-state index in [2.05, 4.69) is 4.98 Å². The lowest BCUT2D eigenvalue weighted by molar-refractivity contribution is 0.0696. The monoisotopic (exact) mass is 182 g/mol. The molecule has 1 rings (SSSR count). The van der Waals surface area contributed by atoms with Crippen LogP contribution < -0.4 is 10.5 Å². The first kappa shape index (κ1) is 9.47. The van der Waals surface area contributed by atoms with Crippen LogP contribution in [-0.2, 0) is 0 Å². The van der Waals surface area contributed by atoms with E-state index in [9.17, 15) is 4.79 Å². The van der Waals surface area contributed by atoms with Crippen LogP contribution >= 0.6 is 0 Å². The highest BCUT2D eigenvalue weighted by Crippen LogP contribution is 2.10. The maximum absolute atomic E-state index is 10.5. The Morgan fingerprint density at radius 1 is 1.62 bits per heavy atom. The average molecular weight is 182 g/mol. The van der Waals surface area contributed by atoms with Crippen molar-refractivity contribution in [2.24, 2.45) is 5.73 Å². The first-order chi connectivity index (χ1) is 6.24. The molecule has 0 radical (unpaired) electrons. The summed E-state index contributed by atoms with van der Waals surface area (Å²) in [6.45, 7) is 0.738. The quantitative estimate of drug-likeness (QED) is 0.690. The fraction of sp³-hybridized carbons (Fsp3) is 0.250. The Morgan fingerprint density at radius 2 is 2.38 bits per heavy atom. The summed E-state index contributed by atoms with van der Waals surface area (Å²) in [7, 11) is 0. The summed E-state index contributed by atoms with van der Waals surface area (Å²) in [5.41, 5.74) is 5.32. The summed E-state index contributed by atoms with van der Waals surface area (Å²) in [5.74, 6) is -0.601. The smallest absolute Gasteiger partial charge is 0.337 e. The molecule has 0 bridgehead atoms. The number of pyridine rings is 1. The molecule has 0 aromatic carbocycles. The maximum Gasteiger partial charge on any atom is 0.337 e. The summed E-state index contributed by atoms with van der Waals surface area (Å²) >= 11 is 0. The van der Waals surface area contributed by atoms with Crippen molar-refractivity contribution in [2.45, 2.75) is 0 Å². The van der Waals surface area contributed by atoms with Gasteiger partial charge in [-0.05, 0) is 6.07 Å². The third kappa shape index (κ3) is 2.72. The molecule has 0 saturated carbocycles. The van der Waals surface area contributed by atoms with Gasteiger partial charge in [-0.2, -0.15) is 0 Å². The molecule has 0 amide bonds. The predicted molar refractivity (Wildman–Crippen MR) is 45.7 cm³/mol. The molecule has 3 N–H and O–H groups in total. The Bertz CT molecular complexity index is 301. The third-order valence-electron chi connectivity index (χ3n) is 1.35. The van der Waals surface area contributed by atoms with Crippen LogP contribution in [-0.4, -0.2) is 29.2 Å². The summed E-state index contributed by atoms with van der Waals surface area (Å²) in [4.78, 5) is 14.2. The average Bonchev–Trinajstić information content (AvgIpc) is 2.15. The van der Waals surface area contributed by atoms with Gasteiger partial charge in [0, 0.05) is 12.7 Å². The zero-order chi connectivity index (χ0) is 9.68. The van der Waals surface area contributed by atoms with E-state index in [4.69, 9.17) is 15.6 Å². The number of rotatable bonds is 4. The second kappa shape index (κ2) is 4.42.